The van der Waals surface area contributed by atoms with Crippen LogP contribution >= 0.6 is 0 Å². The van der Waals surface area contributed by atoms with Crippen LogP contribution < -0.4 is 14.2 Å². The number of benzene rings is 2. The zero-order chi connectivity index (χ0) is 29.9. The topological polar surface area (TPSA) is 97.4 Å². The fourth-order valence-electron chi connectivity index (χ4n) is 3.18. The molecule has 2 rings (SSSR count). The van der Waals surface area contributed by atoms with Gasteiger partial charge in [0.2, 0.25) is 13.6 Å². The van der Waals surface area contributed by atoms with Crippen molar-refractivity contribution >= 4 is 23.8 Å². The number of carbonyl (C=O) groups excluding carboxylic acids is 3. The monoisotopic (exact) mass is 552 g/mol. The molecule has 2 aromatic carbocycles. The number of hydrogen-bond acceptors (Lipinski definition) is 8. The van der Waals surface area contributed by atoms with Crippen LogP contribution in [0.5, 0.6) is 17.2 Å². The van der Waals surface area contributed by atoms with Crippen molar-refractivity contribution in [2.24, 2.45) is 10.8 Å². The largest absolute Gasteiger partial charge is 0.496 e. The first-order chi connectivity index (χ1) is 18.8. The summed E-state index contributed by atoms with van der Waals surface area (Å²) in [4.78, 5) is 36.7. The van der Waals surface area contributed by atoms with Crippen molar-refractivity contribution < 1.29 is 38.1 Å². The van der Waals surface area contributed by atoms with Gasteiger partial charge in [0.25, 0.3) is 0 Å². The van der Waals surface area contributed by atoms with Crippen molar-refractivity contribution in [2.45, 2.75) is 54.9 Å². The smallest absolute Gasteiger partial charge is 0.314 e. The Hall–Kier alpha value is -4.07. The summed E-state index contributed by atoms with van der Waals surface area (Å²) in [5.41, 5.74) is 0.742. The molecule has 0 fully saturated rings. The van der Waals surface area contributed by atoms with Crippen molar-refractivity contribution in [2.75, 3.05) is 20.7 Å². The van der Waals surface area contributed by atoms with Crippen LogP contribution in [0.15, 0.2) is 54.6 Å². The van der Waals surface area contributed by atoms with E-state index in [2.05, 4.69) is 0 Å². The lowest BCUT2D eigenvalue weighted by Gasteiger charge is -2.18. The molecule has 0 atom stereocenters. The maximum atomic E-state index is 12.8. The molecule has 8 heteroatoms. The average Bonchev–Trinajstić information content (AvgIpc) is 2.90. The van der Waals surface area contributed by atoms with E-state index < -0.39 is 10.8 Å². The fraction of sp³-hybridized carbons (Fsp3) is 0.406. The maximum Gasteiger partial charge on any atom is 0.314 e. The zero-order valence-electron chi connectivity index (χ0n) is 24.7. The summed E-state index contributed by atoms with van der Waals surface area (Å²) in [6, 6.07) is 10.1. The number of allylic oxidation sites excluding steroid dienone is 3. The van der Waals surface area contributed by atoms with E-state index in [4.69, 9.17) is 23.7 Å². The summed E-state index contributed by atoms with van der Waals surface area (Å²) in [6.07, 6.45) is 7.62. The van der Waals surface area contributed by atoms with Gasteiger partial charge in [0.15, 0.2) is 5.78 Å². The Morgan fingerprint density at radius 3 is 1.90 bits per heavy atom. The van der Waals surface area contributed by atoms with Crippen molar-refractivity contribution in [3.63, 3.8) is 0 Å². The zero-order valence-corrected chi connectivity index (χ0v) is 24.7. The minimum absolute atomic E-state index is 0.211. The van der Waals surface area contributed by atoms with Gasteiger partial charge in [-0.1, -0.05) is 12.2 Å². The highest BCUT2D eigenvalue weighted by Crippen LogP contribution is 2.31. The van der Waals surface area contributed by atoms with Crippen molar-refractivity contribution in [1.29, 1.82) is 0 Å². The third-order valence-electron chi connectivity index (χ3n) is 5.58. The summed E-state index contributed by atoms with van der Waals surface area (Å²) in [6.45, 7) is 12.1. The van der Waals surface area contributed by atoms with E-state index in [0.29, 0.717) is 34.8 Å². The predicted octanol–water partition coefficient (Wildman–Crippen LogP) is 6.56. The number of rotatable bonds is 12. The van der Waals surface area contributed by atoms with E-state index in [1.165, 1.54) is 13.2 Å². The highest BCUT2D eigenvalue weighted by atomic mass is 16.7. The van der Waals surface area contributed by atoms with E-state index in [0.717, 1.165) is 5.56 Å². The van der Waals surface area contributed by atoms with Gasteiger partial charge in [-0.25, -0.2) is 0 Å². The van der Waals surface area contributed by atoms with Crippen LogP contribution in [0.1, 0.15) is 70.0 Å². The average molecular weight is 553 g/mol. The molecule has 0 heterocycles. The lowest BCUT2D eigenvalue weighted by Crippen LogP contribution is -2.24. The molecule has 40 heavy (non-hydrogen) atoms. The molecule has 0 unspecified atom stereocenters. The van der Waals surface area contributed by atoms with Crippen LogP contribution in [0.4, 0.5) is 0 Å². The van der Waals surface area contributed by atoms with Gasteiger partial charge in [-0.2, -0.15) is 0 Å². The number of carbonyl (C=O) groups is 3. The summed E-state index contributed by atoms with van der Waals surface area (Å²) in [7, 11) is 1.53. The van der Waals surface area contributed by atoms with E-state index in [-0.39, 0.29) is 31.3 Å². The van der Waals surface area contributed by atoms with Gasteiger partial charge in [0.1, 0.15) is 17.2 Å². The Morgan fingerprint density at radius 1 is 0.800 bits per heavy atom. The number of esters is 2. The van der Waals surface area contributed by atoms with E-state index in [1.54, 1.807) is 78.0 Å². The molecule has 0 aliphatic rings. The van der Waals surface area contributed by atoms with Gasteiger partial charge in [-0.05, 0) is 103 Å². The lowest BCUT2D eigenvalue weighted by molar-refractivity contribution is -0.160. The molecule has 0 N–H and O–H groups in total. The molecule has 0 radical (unpaired) electrons. The molecule has 2 aromatic rings. The minimum atomic E-state index is -0.635. The molecule has 0 aromatic heterocycles. The van der Waals surface area contributed by atoms with E-state index in [9.17, 15) is 14.4 Å². The van der Waals surface area contributed by atoms with Gasteiger partial charge < -0.3 is 23.7 Å². The van der Waals surface area contributed by atoms with Crippen molar-refractivity contribution in [3.05, 3.63) is 71.3 Å². The Bertz CT molecular complexity index is 1230. The van der Waals surface area contributed by atoms with Gasteiger partial charge in [-0.3, -0.25) is 14.4 Å². The Labute approximate surface area is 236 Å². The van der Waals surface area contributed by atoms with Gasteiger partial charge in [0.05, 0.1) is 17.9 Å². The molecule has 0 saturated carbocycles. The number of methoxy groups -OCH3 is 1. The van der Waals surface area contributed by atoms with Crippen LogP contribution in [0, 0.1) is 10.8 Å². The van der Waals surface area contributed by atoms with Crippen LogP contribution in [0.2, 0.25) is 0 Å². The maximum absolute atomic E-state index is 12.8. The van der Waals surface area contributed by atoms with Gasteiger partial charge >= 0.3 is 11.9 Å². The van der Waals surface area contributed by atoms with Crippen LogP contribution in [-0.4, -0.2) is 38.4 Å². The molecule has 0 aliphatic heterocycles. The molecule has 216 valence electrons. The van der Waals surface area contributed by atoms with E-state index >= 15 is 0 Å². The van der Waals surface area contributed by atoms with Crippen molar-refractivity contribution in [3.8, 4) is 17.2 Å². The minimum Gasteiger partial charge on any atom is -0.496 e. The van der Waals surface area contributed by atoms with E-state index in [1.807, 2.05) is 25.1 Å². The molecular formula is C32H40O8. The van der Waals surface area contributed by atoms with Crippen LogP contribution in [0.25, 0.3) is 6.08 Å². The summed E-state index contributed by atoms with van der Waals surface area (Å²) < 4.78 is 27.1. The fourth-order valence-corrected chi connectivity index (χ4v) is 3.18. The number of ketones is 1. The molecule has 0 saturated heterocycles. The highest BCUT2D eigenvalue weighted by molar-refractivity contribution is 6.07. The third kappa shape index (κ3) is 9.91. The third-order valence-corrected chi connectivity index (χ3v) is 5.58. The molecular weight excluding hydrogens is 512 g/mol. The lowest BCUT2D eigenvalue weighted by atomic mass is 9.97. The molecule has 8 nitrogen and oxygen atoms in total. The first-order valence-electron chi connectivity index (χ1n) is 13.0. The normalized spacial score (nSPS) is 11.9. The summed E-state index contributed by atoms with van der Waals surface area (Å²) in [5, 5.41) is 0. The second-order valence-corrected chi connectivity index (χ2v) is 11.1. The van der Waals surface area contributed by atoms with Gasteiger partial charge in [-0.15, -0.1) is 0 Å². The Morgan fingerprint density at radius 2 is 1.38 bits per heavy atom. The second-order valence-electron chi connectivity index (χ2n) is 11.1. The molecule has 0 amide bonds. The number of ether oxygens (including phenoxy) is 5. The second kappa shape index (κ2) is 14.4. The van der Waals surface area contributed by atoms with Crippen LogP contribution in [-0.2, 0) is 25.5 Å². The SMILES string of the molecule is C/C=C/Cc1cc(/C=C/C(=O)c2ccc(OCOC(=O)C(C)(C)C)cc2)c(OC)cc1OCOC(=O)C(C)(C)C. The quantitative estimate of drug-likeness (QED) is 0.0960. The molecule has 0 spiro atoms. The molecule has 0 bridgehead atoms. The first kappa shape index (κ1) is 32.1. The highest BCUT2D eigenvalue weighted by Gasteiger charge is 2.24. The van der Waals surface area contributed by atoms with Crippen molar-refractivity contribution in [1.82, 2.24) is 0 Å². The number of hydrogen-bond donors (Lipinski definition) is 0. The Balaban J connectivity index is 2.13. The summed E-state index contributed by atoms with van der Waals surface area (Å²) in [5.74, 6) is 0.551. The first-order valence-corrected chi connectivity index (χ1v) is 13.0. The molecule has 0 aliphatic carbocycles. The Kier molecular flexibility index (Phi) is 11.5. The predicted molar refractivity (Wildman–Crippen MR) is 153 cm³/mol. The summed E-state index contributed by atoms with van der Waals surface area (Å²) >= 11 is 0. The standard InChI is InChI=1S/C32H40O8/c1-9-10-11-23-18-24(27(36-8)19-28(23)38-21-40-30(35)32(5,6)7)14-17-26(33)22-12-15-25(16-13-22)37-20-39-29(34)31(2,3)4/h9-10,12-19H,11,20-21H2,1-8H3/b10-9+,17-14+. The van der Waals surface area contributed by atoms with Gasteiger partial charge in [0, 0.05) is 17.2 Å². The van der Waals surface area contributed by atoms with Crippen LogP contribution in [0.3, 0.4) is 0 Å².